The van der Waals surface area contributed by atoms with Crippen molar-refractivity contribution in [3.8, 4) is 0 Å². The first-order valence-electron chi connectivity index (χ1n) is 6.78. The molecule has 0 saturated carbocycles. The van der Waals surface area contributed by atoms with E-state index in [4.69, 9.17) is 0 Å². The Hall–Kier alpha value is -1.62. The number of carbonyl (C=O) groups is 1. The van der Waals surface area contributed by atoms with Crippen LogP contribution >= 0.6 is 0 Å². The van der Waals surface area contributed by atoms with Crippen LogP contribution in [0.25, 0.3) is 0 Å². The van der Waals surface area contributed by atoms with Crippen LogP contribution in [-0.4, -0.2) is 48.1 Å². The fourth-order valence-corrected chi connectivity index (χ4v) is 2.73. The van der Waals surface area contributed by atoms with Crippen molar-refractivity contribution in [2.45, 2.75) is 18.9 Å². The zero-order chi connectivity index (χ0) is 13.2. The van der Waals surface area contributed by atoms with E-state index in [1.54, 1.807) is 17.0 Å². The predicted octanol–water partition coefficient (Wildman–Crippen LogP) is 2.14. The number of carbonyl (C=O) groups excluding carboxylic acids is 1. The highest BCUT2D eigenvalue weighted by Gasteiger charge is 2.35. The molecule has 2 fully saturated rings. The van der Waals surface area contributed by atoms with Gasteiger partial charge in [0.25, 0.3) is 0 Å². The quantitative estimate of drug-likeness (QED) is 0.887. The molecule has 2 saturated heterocycles. The van der Waals surface area contributed by atoms with Crippen molar-refractivity contribution >= 4 is 11.7 Å². The molecule has 2 aliphatic rings. The van der Waals surface area contributed by atoms with Gasteiger partial charge in [-0.2, -0.15) is 0 Å². The predicted molar refractivity (Wildman–Crippen MR) is 71.6 cm³/mol. The Bertz CT molecular complexity index is 468. The minimum atomic E-state index is -0.337. The van der Waals surface area contributed by atoms with E-state index in [9.17, 15) is 9.18 Å². The van der Waals surface area contributed by atoms with Crippen molar-refractivity contribution in [2.75, 3.05) is 31.5 Å². The van der Waals surface area contributed by atoms with Crippen LogP contribution < -0.4 is 5.32 Å². The molecule has 1 N–H and O–H groups in total. The fourth-order valence-electron chi connectivity index (χ4n) is 2.73. The summed E-state index contributed by atoms with van der Waals surface area (Å²) in [5, 5.41) is 2.72. The van der Waals surface area contributed by atoms with Gasteiger partial charge in [-0.05, 0) is 44.1 Å². The van der Waals surface area contributed by atoms with Crippen LogP contribution in [0, 0.1) is 5.82 Å². The van der Waals surface area contributed by atoms with E-state index in [1.165, 1.54) is 25.0 Å². The number of urea groups is 1. The Labute approximate surface area is 112 Å². The molecule has 1 aromatic rings. The van der Waals surface area contributed by atoms with Crippen LogP contribution in [0.1, 0.15) is 12.8 Å². The molecule has 0 spiro atoms. The molecular formula is C14H18FN3O. The molecule has 1 aromatic carbocycles. The number of nitrogens with zero attached hydrogens (tertiary/aromatic N) is 2. The topological polar surface area (TPSA) is 35.6 Å². The Morgan fingerprint density at radius 3 is 2.68 bits per heavy atom. The molecule has 5 heteroatoms. The molecule has 102 valence electrons. The lowest BCUT2D eigenvalue weighted by Gasteiger charge is -2.43. The highest BCUT2D eigenvalue weighted by atomic mass is 19.1. The first kappa shape index (κ1) is 12.4. The van der Waals surface area contributed by atoms with Gasteiger partial charge in [-0.3, -0.25) is 4.90 Å². The van der Waals surface area contributed by atoms with Crippen molar-refractivity contribution in [3.05, 3.63) is 30.1 Å². The molecule has 0 bridgehead atoms. The van der Waals surface area contributed by atoms with Gasteiger partial charge < -0.3 is 10.2 Å². The average molecular weight is 263 g/mol. The largest absolute Gasteiger partial charge is 0.321 e. The molecule has 2 heterocycles. The number of likely N-dealkylation sites (tertiary alicyclic amines) is 2. The second-order valence-electron chi connectivity index (χ2n) is 5.24. The number of nitrogens with one attached hydrogen (secondary N) is 1. The molecule has 4 nitrogen and oxygen atoms in total. The highest BCUT2D eigenvalue weighted by molar-refractivity contribution is 5.89. The Morgan fingerprint density at radius 2 is 2.00 bits per heavy atom. The first-order chi connectivity index (χ1) is 9.22. The van der Waals surface area contributed by atoms with Crippen molar-refractivity contribution in [3.63, 3.8) is 0 Å². The van der Waals surface area contributed by atoms with E-state index in [1.807, 2.05) is 0 Å². The van der Waals surface area contributed by atoms with E-state index >= 15 is 0 Å². The second kappa shape index (κ2) is 5.17. The van der Waals surface area contributed by atoms with Crippen molar-refractivity contribution < 1.29 is 9.18 Å². The van der Waals surface area contributed by atoms with Crippen LogP contribution in [0.4, 0.5) is 14.9 Å². The molecule has 0 atom stereocenters. The molecule has 2 aliphatic heterocycles. The van der Waals surface area contributed by atoms with E-state index in [0.717, 1.165) is 26.2 Å². The fraction of sp³-hybridized carbons (Fsp3) is 0.500. The van der Waals surface area contributed by atoms with Gasteiger partial charge in [-0.1, -0.05) is 6.07 Å². The maximum absolute atomic E-state index is 13.0. The summed E-state index contributed by atoms with van der Waals surface area (Å²) in [7, 11) is 0. The number of amides is 2. The summed E-state index contributed by atoms with van der Waals surface area (Å²) in [6.45, 7) is 3.87. The number of hydrogen-bond acceptors (Lipinski definition) is 2. The summed E-state index contributed by atoms with van der Waals surface area (Å²) in [6.07, 6.45) is 2.54. The SMILES string of the molecule is O=C(Nc1cccc(F)c1)N1CC(N2CCCC2)C1. The first-order valence-corrected chi connectivity index (χ1v) is 6.78. The third-order valence-electron chi connectivity index (χ3n) is 3.88. The van der Waals surface area contributed by atoms with E-state index in [2.05, 4.69) is 10.2 Å². The Balaban J connectivity index is 1.50. The van der Waals surface area contributed by atoms with E-state index in [0.29, 0.717) is 11.7 Å². The molecule has 0 unspecified atom stereocenters. The maximum atomic E-state index is 13.0. The normalized spacial score (nSPS) is 20.4. The van der Waals surface area contributed by atoms with E-state index in [-0.39, 0.29) is 11.8 Å². The summed E-state index contributed by atoms with van der Waals surface area (Å²) in [4.78, 5) is 16.2. The Morgan fingerprint density at radius 1 is 1.26 bits per heavy atom. The summed E-state index contributed by atoms with van der Waals surface area (Å²) >= 11 is 0. The maximum Gasteiger partial charge on any atom is 0.321 e. The molecular weight excluding hydrogens is 245 g/mol. The molecule has 0 aromatic heterocycles. The summed E-state index contributed by atoms with van der Waals surface area (Å²) in [6, 6.07) is 6.35. The molecule has 2 amide bonds. The van der Waals surface area contributed by atoms with Gasteiger partial charge in [0, 0.05) is 24.8 Å². The lowest BCUT2D eigenvalue weighted by Crippen LogP contribution is -2.61. The van der Waals surface area contributed by atoms with Gasteiger partial charge in [0.1, 0.15) is 5.82 Å². The van der Waals surface area contributed by atoms with Crippen molar-refractivity contribution in [1.82, 2.24) is 9.80 Å². The number of benzene rings is 1. The minimum Gasteiger partial charge on any atom is -0.321 e. The van der Waals surface area contributed by atoms with Crippen molar-refractivity contribution in [1.29, 1.82) is 0 Å². The van der Waals surface area contributed by atoms with Crippen LogP contribution in [0.3, 0.4) is 0 Å². The smallest absolute Gasteiger partial charge is 0.321 e. The molecule has 0 aliphatic carbocycles. The number of rotatable bonds is 2. The lowest BCUT2D eigenvalue weighted by molar-refractivity contribution is 0.0776. The van der Waals surface area contributed by atoms with Gasteiger partial charge in [0.2, 0.25) is 0 Å². The third kappa shape index (κ3) is 2.71. The standard InChI is InChI=1S/C14H18FN3O/c15-11-4-3-5-12(8-11)16-14(19)18-9-13(10-18)17-6-1-2-7-17/h3-5,8,13H,1-2,6-7,9-10H2,(H,16,19). The number of anilines is 1. The monoisotopic (exact) mass is 263 g/mol. The number of halogens is 1. The summed E-state index contributed by atoms with van der Waals surface area (Å²) in [5.41, 5.74) is 0.509. The van der Waals surface area contributed by atoms with Crippen molar-refractivity contribution in [2.24, 2.45) is 0 Å². The van der Waals surface area contributed by atoms with Crippen LogP contribution in [-0.2, 0) is 0 Å². The third-order valence-corrected chi connectivity index (χ3v) is 3.88. The van der Waals surface area contributed by atoms with E-state index < -0.39 is 0 Å². The summed E-state index contributed by atoms with van der Waals surface area (Å²) in [5.74, 6) is -0.337. The summed E-state index contributed by atoms with van der Waals surface area (Å²) < 4.78 is 13.0. The van der Waals surface area contributed by atoms with Gasteiger partial charge >= 0.3 is 6.03 Å². The van der Waals surface area contributed by atoms with Gasteiger partial charge in [-0.25, -0.2) is 9.18 Å². The average Bonchev–Trinajstić information content (AvgIpc) is 2.80. The van der Waals surface area contributed by atoms with Gasteiger partial charge in [0.05, 0.1) is 0 Å². The van der Waals surface area contributed by atoms with Crippen LogP contribution in [0.15, 0.2) is 24.3 Å². The minimum absolute atomic E-state index is 0.138. The zero-order valence-electron chi connectivity index (χ0n) is 10.8. The molecule has 0 radical (unpaired) electrons. The highest BCUT2D eigenvalue weighted by Crippen LogP contribution is 2.21. The van der Waals surface area contributed by atoms with Gasteiger partial charge in [0.15, 0.2) is 0 Å². The van der Waals surface area contributed by atoms with Crippen LogP contribution in [0.2, 0.25) is 0 Å². The zero-order valence-corrected chi connectivity index (χ0v) is 10.8. The van der Waals surface area contributed by atoms with Crippen LogP contribution in [0.5, 0.6) is 0 Å². The number of hydrogen-bond donors (Lipinski definition) is 1. The van der Waals surface area contributed by atoms with Gasteiger partial charge in [-0.15, -0.1) is 0 Å². The Kier molecular flexibility index (Phi) is 3.38. The molecule has 3 rings (SSSR count). The second-order valence-corrected chi connectivity index (χ2v) is 5.24. The molecule has 19 heavy (non-hydrogen) atoms. The lowest BCUT2D eigenvalue weighted by atomic mass is 10.1.